The lowest BCUT2D eigenvalue weighted by atomic mass is 9.65. The van der Waals surface area contributed by atoms with Crippen LogP contribution in [-0.4, -0.2) is 45.4 Å². The lowest BCUT2D eigenvalue weighted by Gasteiger charge is -2.39. The third-order valence-corrected chi connectivity index (χ3v) is 8.88. The van der Waals surface area contributed by atoms with E-state index in [-0.39, 0.29) is 11.5 Å². The molecule has 2 fully saturated rings. The van der Waals surface area contributed by atoms with Crippen LogP contribution in [0.5, 0.6) is 17.2 Å². The van der Waals surface area contributed by atoms with Crippen molar-refractivity contribution >= 4 is 10.9 Å². The predicted molar refractivity (Wildman–Crippen MR) is 158 cm³/mol. The van der Waals surface area contributed by atoms with Crippen molar-refractivity contribution in [2.24, 2.45) is 10.8 Å². The van der Waals surface area contributed by atoms with Crippen molar-refractivity contribution in [2.75, 3.05) is 19.7 Å². The summed E-state index contributed by atoms with van der Waals surface area (Å²) in [4.78, 5) is 2.66. The van der Waals surface area contributed by atoms with E-state index in [1.165, 1.54) is 31.4 Å². The van der Waals surface area contributed by atoms with Crippen molar-refractivity contribution in [3.63, 3.8) is 0 Å². The van der Waals surface area contributed by atoms with Crippen molar-refractivity contribution in [3.05, 3.63) is 77.9 Å². The first kappa shape index (κ1) is 25.8. The topological polar surface area (TPSA) is 57.9 Å². The first-order chi connectivity index (χ1) is 18.6. The Balaban J connectivity index is 1.17. The fourth-order valence-electron chi connectivity index (χ4n) is 7.66. The van der Waals surface area contributed by atoms with Gasteiger partial charge in [0, 0.05) is 36.6 Å². The van der Waals surface area contributed by atoms with Crippen molar-refractivity contribution in [1.82, 2.24) is 9.47 Å². The zero-order chi connectivity index (χ0) is 27.4. The number of aryl methyl sites for hydroxylation is 1. The monoisotopic (exact) mass is 524 g/mol. The number of fused-ring (bicyclic) bond motifs is 3. The van der Waals surface area contributed by atoms with Gasteiger partial charge in [-0.3, -0.25) is 4.90 Å². The minimum atomic E-state index is 0.248. The average molecular weight is 525 g/mol. The van der Waals surface area contributed by atoms with Gasteiger partial charge in [0.25, 0.3) is 0 Å². The predicted octanol–water partition coefficient (Wildman–Crippen LogP) is 7.36. The highest BCUT2D eigenvalue weighted by Gasteiger charge is 2.49. The summed E-state index contributed by atoms with van der Waals surface area (Å²) in [6.45, 7) is 13.0. The van der Waals surface area contributed by atoms with Crippen LogP contribution in [0.1, 0.15) is 51.2 Å². The van der Waals surface area contributed by atoms with E-state index >= 15 is 0 Å². The Hall–Kier alpha value is -3.44. The zero-order valence-electron chi connectivity index (χ0n) is 23.6. The molecule has 6 rings (SSSR count). The maximum Gasteiger partial charge on any atom is 0.119 e. The number of rotatable bonds is 7. The Bertz CT molecular complexity index is 1490. The fourth-order valence-corrected chi connectivity index (χ4v) is 7.66. The van der Waals surface area contributed by atoms with Gasteiger partial charge in [-0.25, -0.2) is 0 Å². The van der Waals surface area contributed by atoms with Crippen LogP contribution in [0.4, 0.5) is 0 Å². The Kier molecular flexibility index (Phi) is 6.38. The molecule has 3 aromatic carbocycles. The van der Waals surface area contributed by atoms with Crippen LogP contribution in [0.2, 0.25) is 0 Å². The molecule has 2 unspecified atom stereocenters. The van der Waals surface area contributed by atoms with E-state index in [2.05, 4.69) is 61.4 Å². The molecular weight excluding hydrogens is 484 g/mol. The van der Waals surface area contributed by atoms with Crippen LogP contribution in [0, 0.1) is 17.8 Å². The Morgan fingerprint density at radius 2 is 1.62 bits per heavy atom. The van der Waals surface area contributed by atoms with Gasteiger partial charge in [-0.15, -0.1) is 0 Å². The number of likely N-dealkylation sites (tertiary alicyclic amines) is 1. The summed E-state index contributed by atoms with van der Waals surface area (Å²) in [7, 11) is 0. The van der Waals surface area contributed by atoms with Gasteiger partial charge in [0.15, 0.2) is 0 Å². The van der Waals surface area contributed by atoms with Crippen LogP contribution >= 0.6 is 0 Å². The van der Waals surface area contributed by atoms with Crippen LogP contribution in [-0.2, 0) is 6.54 Å². The first-order valence-corrected chi connectivity index (χ1v) is 14.2. The molecule has 2 N–H and O–H groups in total. The van der Waals surface area contributed by atoms with Gasteiger partial charge in [-0.1, -0.05) is 32.9 Å². The molecule has 2 heterocycles. The molecule has 1 saturated carbocycles. The molecule has 0 spiro atoms. The normalized spacial score (nSPS) is 22.4. The highest BCUT2D eigenvalue weighted by molar-refractivity contribution is 5.92. The summed E-state index contributed by atoms with van der Waals surface area (Å²) in [5, 5.41) is 21.0. The summed E-state index contributed by atoms with van der Waals surface area (Å²) in [5.74, 6) is 1.42. The molecule has 1 aliphatic heterocycles. The largest absolute Gasteiger partial charge is 0.508 e. The average Bonchev–Trinajstić information content (AvgIpc) is 3.28. The van der Waals surface area contributed by atoms with E-state index in [9.17, 15) is 10.2 Å². The van der Waals surface area contributed by atoms with Crippen LogP contribution in [0.15, 0.2) is 66.7 Å². The minimum Gasteiger partial charge on any atom is -0.508 e. The second kappa shape index (κ2) is 9.63. The second-order valence-electron chi connectivity index (χ2n) is 13.0. The number of phenols is 2. The summed E-state index contributed by atoms with van der Waals surface area (Å²) >= 11 is 0. The summed E-state index contributed by atoms with van der Waals surface area (Å²) in [5.41, 5.74) is 6.36. The number of nitrogens with zero attached hydrogens (tertiary/aromatic N) is 2. The highest BCUT2D eigenvalue weighted by atomic mass is 16.5. The molecule has 1 aliphatic carbocycles. The van der Waals surface area contributed by atoms with Crippen LogP contribution < -0.4 is 4.74 Å². The fraction of sp³-hybridized carbons (Fsp3) is 0.412. The molecular formula is C34H40N2O3. The maximum atomic E-state index is 10.1. The second-order valence-corrected chi connectivity index (χ2v) is 13.0. The molecule has 2 bridgehead atoms. The quantitative estimate of drug-likeness (QED) is 0.265. The van der Waals surface area contributed by atoms with E-state index in [4.69, 9.17) is 4.74 Å². The minimum absolute atomic E-state index is 0.248. The third kappa shape index (κ3) is 5.12. The van der Waals surface area contributed by atoms with E-state index in [1.54, 1.807) is 18.2 Å². The van der Waals surface area contributed by atoms with Crippen molar-refractivity contribution < 1.29 is 14.9 Å². The van der Waals surface area contributed by atoms with Gasteiger partial charge in [0.2, 0.25) is 0 Å². The molecule has 39 heavy (non-hydrogen) atoms. The summed E-state index contributed by atoms with van der Waals surface area (Å²) in [6, 6.07) is 22.0. The van der Waals surface area contributed by atoms with Gasteiger partial charge < -0.3 is 19.5 Å². The lowest BCUT2D eigenvalue weighted by Crippen LogP contribution is -2.36. The number of ether oxygens (including phenoxy) is 1. The van der Waals surface area contributed by atoms with Gasteiger partial charge >= 0.3 is 0 Å². The van der Waals surface area contributed by atoms with Crippen LogP contribution in [0.3, 0.4) is 0 Å². The standard InChI is InChI=1S/C34H40N2O3/c1-23-30-17-28(38)11-14-31(30)36(32(23)25-7-9-27(37)10-8-25)20-24-5-12-29(13-6-24)39-16-15-35-22-34(4)19-26(35)18-33(2,3)21-34/h5-14,17,26,37-38H,15-16,18-22H2,1-4H3. The van der Waals surface area contributed by atoms with E-state index < -0.39 is 0 Å². The smallest absolute Gasteiger partial charge is 0.119 e. The highest BCUT2D eigenvalue weighted by Crippen LogP contribution is 2.52. The molecule has 204 valence electrons. The molecule has 0 radical (unpaired) electrons. The maximum absolute atomic E-state index is 10.1. The molecule has 5 nitrogen and oxygen atoms in total. The number of hydrogen-bond acceptors (Lipinski definition) is 4. The van der Waals surface area contributed by atoms with Gasteiger partial charge in [0.1, 0.15) is 23.9 Å². The third-order valence-electron chi connectivity index (χ3n) is 8.88. The number of benzene rings is 3. The Morgan fingerprint density at radius 3 is 2.36 bits per heavy atom. The van der Waals surface area contributed by atoms with Crippen LogP contribution in [0.25, 0.3) is 22.2 Å². The SMILES string of the molecule is Cc1c(-c2ccc(O)cc2)n(Cc2ccc(OCCN3CC4(C)CC3CC(C)(C)C4)cc2)c2ccc(O)cc12. The summed E-state index contributed by atoms with van der Waals surface area (Å²) < 4.78 is 8.49. The molecule has 4 aromatic rings. The molecule has 1 aromatic heterocycles. The molecule has 5 heteroatoms. The van der Waals surface area contributed by atoms with Crippen molar-refractivity contribution in [1.29, 1.82) is 0 Å². The summed E-state index contributed by atoms with van der Waals surface area (Å²) in [6.07, 6.45) is 3.93. The number of aromatic nitrogens is 1. The van der Waals surface area contributed by atoms with Gasteiger partial charge in [-0.05, 0) is 108 Å². The van der Waals surface area contributed by atoms with E-state index in [0.717, 1.165) is 40.0 Å². The number of hydrogen-bond donors (Lipinski definition) is 2. The molecule has 2 aliphatic rings. The molecule has 1 saturated heterocycles. The van der Waals surface area contributed by atoms with Gasteiger partial charge in [-0.2, -0.15) is 0 Å². The number of aromatic hydroxyl groups is 2. The zero-order valence-corrected chi connectivity index (χ0v) is 23.6. The van der Waals surface area contributed by atoms with E-state index in [0.29, 0.717) is 30.0 Å². The Morgan fingerprint density at radius 1 is 0.897 bits per heavy atom. The Labute approximate surface area is 231 Å². The number of phenolic OH excluding ortho intramolecular Hbond substituents is 2. The van der Waals surface area contributed by atoms with Crippen molar-refractivity contribution in [3.8, 4) is 28.5 Å². The van der Waals surface area contributed by atoms with Gasteiger partial charge in [0.05, 0.1) is 5.69 Å². The lowest BCUT2D eigenvalue weighted by molar-refractivity contribution is 0.124. The molecule has 2 atom stereocenters. The molecule has 0 amide bonds. The van der Waals surface area contributed by atoms with Crippen molar-refractivity contribution in [2.45, 2.75) is 59.5 Å². The van der Waals surface area contributed by atoms with E-state index in [1.807, 2.05) is 24.3 Å². The first-order valence-electron chi connectivity index (χ1n) is 14.2.